The van der Waals surface area contributed by atoms with Crippen molar-refractivity contribution >= 4 is 5.97 Å². The molecule has 98 valence electrons. The highest BCUT2D eigenvalue weighted by molar-refractivity contribution is 5.73. The van der Waals surface area contributed by atoms with Crippen molar-refractivity contribution in [1.29, 1.82) is 0 Å². The molecule has 0 heterocycles. The summed E-state index contributed by atoms with van der Waals surface area (Å²) in [5.74, 6) is -1.28. The fraction of sp³-hybridized carbons (Fsp3) is 0.133. The summed E-state index contributed by atoms with van der Waals surface area (Å²) in [7, 11) is 0. The van der Waals surface area contributed by atoms with Crippen molar-refractivity contribution in [2.45, 2.75) is 12.5 Å². The summed E-state index contributed by atoms with van der Waals surface area (Å²) < 4.78 is 12.8. The van der Waals surface area contributed by atoms with Crippen LogP contribution in [0.25, 0.3) is 11.1 Å². The highest BCUT2D eigenvalue weighted by atomic mass is 19.1. The minimum absolute atomic E-state index is 0.271. The molecule has 2 rings (SSSR count). The molecule has 0 aromatic heterocycles. The average molecular weight is 259 g/mol. The molecule has 1 unspecified atom stereocenters. The van der Waals surface area contributed by atoms with Crippen LogP contribution in [0, 0.1) is 5.82 Å². The van der Waals surface area contributed by atoms with Crippen molar-refractivity contribution in [3.8, 4) is 11.1 Å². The number of nitrogens with two attached hydrogens (primary N) is 1. The van der Waals surface area contributed by atoms with Gasteiger partial charge in [-0.3, -0.25) is 4.79 Å². The number of halogens is 1. The zero-order chi connectivity index (χ0) is 13.8. The molecule has 0 spiro atoms. The van der Waals surface area contributed by atoms with E-state index in [9.17, 15) is 9.18 Å². The Morgan fingerprint density at radius 2 is 1.53 bits per heavy atom. The lowest BCUT2D eigenvalue weighted by atomic mass is 10.0. The highest BCUT2D eigenvalue weighted by Gasteiger charge is 2.11. The largest absolute Gasteiger partial charge is 0.480 e. The van der Waals surface area contributed by atoms with Gasteiger partial charge in [-0.1, -0.05) is 36.4 Å². The minimum Gasteiger partial charge on any atom is -0.480 e. The Labute approximate surface area is 110 Å². The summed E-state index contributed by atoms with van der Waals surface area (Å²) in [5.41, 5.74) is 8.20. The van der Waals surface area contributed by atoms with E-state index < -0.39 is 12.0 Å². The highest BCUT2D eigenvalue weighted by Crippen LogP contribution is 2.20. The second-order valence-corrected chi connectivity index (χ2v) is 4.35. The fourth-order valence-corrected chi connectivity index (χ4v) is 1.82. The first-order valence-electron chi connectivity index (χ1n) is 5.89. The van der Waals surface area contributed by atoms with Gasteiger partial charge in [-0.2, -0.15) is 0 Å². The number of hydrogen-bond donors (Lipinski definition) is 2. The Balaban J connectivity index is 2.14. The second kappa shape index (κ2) is 5.63. The summed E-state index contributed by atoms with van der Waals surface area (Å²) in [6, 6.07) is 12.7. The smallest absolute Gasteiger partial charge is 0.320 e. The first kappa shape index (κ1) is 13.2. The molecule has 0 saturated heterocycles. The van der Waals surface area contributed by atoms with Crippen LogP contribution < -0.4 is 5.73 Å². The molecule has 2 aromatic carbocycles. The van der Waals surface area contributed by atoms with Gasteiger partial charge in [-0.05, 0) is 35.2 Å². The van der Waals surface area contributed by atoms with Gasteiger partial charge in [0.25, 0.3) is 0 Å². The molecule has 1 atom stereocenters. The first-order chi connectivity index (χ1) is 9.06. The molecular formula is C15H14FNO2. The predicted molar refractivity (Wildman–Crippen MR) is 71.2 cm³/mol. The molecule has 0 amide bonds. The normalized spacial score (nSPS) is 12.1. The summed E-state index contributed by atoms with van der Waals surface area (Å²) in [6.45, 7) is 0. The van der Waals surface area contributed by atoms with Gasteiger partial charge in [-0.25, -0.2) is 4.39 Å². The van der Waals surface area contributed by atoms with Crippen LogP contribution in [0.4, 0.5) is 4.39 Å². The maximum Gasteiger partial charge on any atom is 0.320 e. The van der Waals surface area contributed by atoms with Gasteiger partial charge < -0.3 is 10.8 Å². The van der Waals surface area contributed by atoms with Crippen LogP contribution in [0.1, 0.15) is 5.56 Å². The number of hydrogen-bond acceptors (Lipinski definition) is 2. The van der Waals surface area contributed by atoms with Crippen molar-refractivity contribution < 1.29 is 14.3 Å². The number of carboxylic acid groups (broad SMARTS) is 1. The summed E-state index contributed by atoms with van der Waals surface area (Å²) >= 11 is 0. The molecule has 4 heteroatoms. The van der Waals surface area contributed by atoms with Gasteiger partial charge in [0.15, 0.2) is 0 Å². The van der Waals surface area contributed by atoms with Gasteiger partial charge in [0, 0.05) is 0 Å². The number of aliphatic carboxylic acids is 1. The van der Waals surface area contributed by atoms with Crippen molar-refractivity contribution in [1.82, 2.24) is 0 Å². The lowest BCUT2D eigenvalue weighted by Crippen LogP contribution is -2.32. The summed E-state index contributed by atoms with van der Waals surface area (Å²) in [5, 5.41) is 8.74. The van der Waals surface area contributed by atoms with Crippen LogP contribution in [0.5, 0.6) is 0 Å². The van der Waals surface area contributed by atoms with Crippen LogP contribution in [-0.2, 0) is 11.2 Å². The van der Waals surface area contributed by atoms with Crippen LogP contribution in [0.3, 0.4) is 0 Å². The SMILES string of the molecule is NC(Cc1ccc(-c2ccc(F)cc2)cc1)C(=O)O. The van der Waals surface area contributed by atoms with E-state index in [1.807, 2.05) is 24.3 Å². The fourth-order valence-electron chi connectivity index (χ4n) is 1.82. The molecule has 3 N–H and O–H groups in total. The van der Waals surface area contributed by atoms with Crippen molar-refractivity contribution in [2.24, 2.45) is 5.73 Å². The molecule has 0 aliphatic rings. The molecular weight excluding hydrogens is 245 g/mol. The Kier molecular flexibility index (Phi) is 3.92. The van der Waals surface area contributed by atoms with Crippen LogP contribution in [0.15, 0.2) is 48.5 Å². The third kappa shape index (κ3) is 3.39. The zero-order valence-corrected chi connectivity index (χ0v) is 10.2. The van der Waals surface area contributed by atoms with E-state index in [1.54, 1.807) is 12.1 Å². The van der Waals surface area contributed by atoms with Crippen molar-refractivity contribution in [2.75, 3.05) is 0 Å². The Bertz CT molecular complexity index is 564. The standard InChI is InChI=1S/C15H14FNO2/c16-13-7-5-12(6-8-13)11-3-1-10(2-4-11)9-14(17)15(18)19/h1-8,14H,9,17H2,(H,18,19). The topological polar surface area (TPSA) is 63.3 Å². The molecule has 0 fully saturated rings. The number of benzene rings is 2. The van der Waals surface area contributed by atoms with E-state index in [0.717, 1.165) is 16.7 Å². The van der Waals surface area contributed by atoms with Gasteiger partial charge >= 0.3 is 5.97 Å². The second-order valence-electron chi connectivity index (χ2n) is 4.35. The van der Waals surface area contributed by atoms with E-state index in [-0.39, 0.29) is 5.82 Å². The average Bonchev–Trinajstić information content (AvgIpc) is 2.40. The molecule has 0 radical (unpaired) electrons. The molecule has 0 bridgehead atoms. The lowest BCUT2D eigenvalue weighted by Gasteiger charge is -2.07. The third-order valence-corrected chi connectivity index (χ3v) is 2.90. The quantitative estimate of drug-likeness (QED) is 0.886. The predicted octanol–water partition coefficient (Wildman–Crippen LogP) is 2.45. The summed E-state index contributed by atoms with van der Waals surface area (Å²) in [6.07, 6.45) is 0.291. The maximum absolute atomic E-state index is 12.8. The Hall–Kier alpha value is -2.20. The lowest BCUT2D eigenvalue weighted by molar-refractivity contribution is -0.138. The number of carbonyl (C=O) groups is 1. The van der Waals surface area contributed by atoms with Crippen molar-refractivity contribution in [3.63, 3.8) is 0 Å². The van der Waals surface area contributed by atoms with E-state index in [2.05, 4.69) is 0 Å². The molecule has 3 nitrogen and oxygen atoms in total. The van der Waals surface area contributed by atoms with Crippen LogP contribution in [0.2, 0.25) is 0 Å². The first-order valence-corrected chi connectivity index (χ1v) is 5.89. The monoisotopic (exact) mass is 259 g/mol. The summed E-state index contributed by atoms with van der Waals surface area (Å²) in [4.78, 5) is 10.7. The van der Waals surface area contributed by atoms with E-state index in [0.29, 0.717) is 6.42 Å². The van der Waals surface area contributed by atoms with E-state index in [1.165, 1.54) is 12.1 Å². The van der Waals surface area contributed by atoms with Gasteiger partial charge in [0.1, 0.15) is 11.9 Å². The molecule has 0 aliphatic heterocycles. The van der Waals surface area contributed by atoms with Gasteiger partial charge in [0.2, 0.25) is 0 Å². The van der Waals surface area contributed by atoms with Crippen LogP contribution in [-0.4, -0.2) is 17.1 Å². The molecule has 0 aliphatic carbocycles. The maximum atomic E-state index is 12.8. The van der Waals surface area contributed by atoms with E-state index in [4.69, 9.17) is 10.8 Å². The molecule has 2 aromatic rings. The van der Waals surface area contributed by atoms with Gasteiger partial charge in [0.05, 0.1) is 0 Å². The Morgan fingerprint density at radius 1 is 1.05 bits per heavy atom. The Morgan fingerprint density at radius 3 is 2.00 bits per heavy atom. The van der Waals surface area contributed by atoms with Gasteiger partial charge in [-0.15, -0.1) is 0 Å². The minimum atomic E-state index is -1.01. The van der Waals surface area contributed by atoms with Crippen LogP contribution >= 0.6 is 0 Å². The number of rotatable bonds is 4. The van der Waals surface area contributed by atoms with E-state index >= 15 is 0 Å². The third-order valence-electron chi connectivity index (χ3n) is 2.90. The molecule has 19 heavy (non-hydrogen) atoms. The number of carboxylic acids is 1. The molecule has 0 saturated carbocycles. The van der Waals surface area contributed by atoms with Crippen molar-refractivity contribution in [3.05, 3.63) is 59.9 Å². The zero-order valence-electron chi connectivity index (χ0n) is 10.2.